The number of rotatable bonds is 5. The van der Waals surface area contributed by atoms with Crippen LogP contribution in [-0.4, -0.2) is 41.0 Å². The molecule has 0 N–H and O–H groups in total. The monoisotopic (exact) mass is 414 g/mol. The molecule has 0 bridgehead atoms. The zero-order valence-electron chi connectivity index (χ0n) is 15.1. The van der Waals surface area contributed by atoms with Crippen LogP contribution in [0.15, 0.2) is 53.9 Å². The first-order valence-electron chi connectivity index (χ1n) is 9.00. The molecule has 0 amide bonds. The minimum absolute atomic E-state index is 0.127. The molecule has 0 atom stereocenters. The van der Waals surface area contributed by atoms with Gasteiger partial charge >= 0.3 is 0 Å². The fourth-order valence-corrected chi connectivity index (χ4v) is 4.23. The number of piperazine rings is 1. The molecule has 1 aliphatic rings. The quantitative estimate of drug-likeness (QED) is 0.447. The molecule has 1 saturated heterocycles. The lowest BCUT2D eigenvalue weighted by Gasteiger charge is -2.35. The van der Waals surface area contributed by atoms with Crippen LogP contribution >= 0.6 is 22.9 Å². The van der Waals surface area contributed by atoms with Gasteiger partial charge in [0.2, 0.25) is 0 Å². The van der Waals surface area contributed by atoms with Crippen LogP contribution in [0.2, 0.25) is 5.02 Å². The van der Waals surface area contributed by atoms with Gasteiger partial charge in [0, 0.05) is 66.5 Å². The minimum Gasteiger partial charge on any atom is -0.369 e. The number of benzene rings is 2. The third kappa shape index (κ3) is 4.32. The van der Waals surface area contributed by atoms with Gasteiger partial charge in [-0.25, -0.2) is 4.98 Å². The van der Waals surface area contributed by atoms with Crippen molar-refractivity contribution < 1.29 is 4.92 Å². The average molecular weight is 415 g/mol. The van der Waals surface area contributed by atoms with E-state index in [1.807, 2.05) is 36.4 Å². The van der Waals surface area contributed by atoms with E-state index in [2.05, 4.69) is 15.2 Å². The Hall–Kier alpha value is -2.48. The molecule has 1 fully saturated rings. The van der Waals surface area contributed by atoms with Gasteiger partial charge in [0.25, 0.3) is 5.69 Å². The van der Waals surface area contributed by atoms with Crippen LogP contribution < -0.4 is 4.90 Å². The highest BCUT2D eigenvalue weighted by molar-refractivity contribution is 7.13. The van der Waals surface area contributed by atoms with Crippen molar-refractivity contribution in [2.45, 2.75) is 6.54 Å². The van der Waals surface area contributed by atoms with Crippen LogP contribution in [0.3, 0.4) is 0 Å². The second-order valence-corrected chi connectivity index (χ2v) is 7.98. The number of non-ortho nitro benzene ring substituents is 1. The van der Waals surface area contributed by atoms with Gasteiger partial charge in [0.05, 0.1) is 10.6 Å². The number of nitro groups is 1. The molecule has 8 heteroatoms. The fourth-order valence-electron chi connectivity index (χ4n) is 3.28. The summed E-state index contributed by atoms with van der Waals surface area (Å²) in [6.45, 7) is 4.49. The molecule has 1 aliphatic heterocycles. The molecule has 0 unspecified atom stereocenters. The van der Waals surface area contributed by atoms with Gasteiger partial charge < -0.3 is 4.90 Å². The van der Waals surface area contributed by atoms with Crippen molar-refractivity contribution in [1.82, 2.24) is 9.88 Å². The second kappa shape index (κ2) is 8.26. The first-order valence-corrected chi connectivity index (χ1v) is 10.3. The van der Waals surface area contributed by atoms with Crippen molar-refractivity contribution in [1.29, 1.82) is 0 Å². The molecule has 3 aromatic rings. The van der Waals surface area contributed by atoms with E-state index in [4.69, 9.17) is 16.6 Å². The van der Waals surface area contributed by atoms with Gasteiger partial charge in [0.15, 0.2) is 0 Å². The molecule has 0 spiro atoms. The minimum atomic E-state index is -0.367. The van der Waals surface area contributed by atoms with Crippen molar-refractivity contribution in [3.8, 4) is 10.6 Å². The molecule has 144 valence electrons. The van der Waals surface area contributed by atoms with E-state index in [0.717, 1.165) is 59.7 Å². The smallest absolute Gasteiger partial charge is 0.269 e. The Labute approximate surface area is 172 Å². The SMILES string of the molecule is O=[N+]([O-])c1ccc(N2CCN(Cc3csc(-c4ccc(Cl)cc4)n3)CC2)cc1. The standard InChI is InChI=1S/C20H19ClN4O2S/c21-16-3-1-15(2-4-16)20-22-17(14-28-20)13-23-9-11-24(12-10-23)18-5-7-19(8-6-18)25(26)27/h1-8,14H,9-13H2. The predicted molar refractivity (Wildman–Crippen MR) is 113 cm³/mol. The lowest BCUT2D eigenvalue weighted by Crippen LogP contribution is -2.46. The zero-order valence-corrected chi connectivity index (χ0v) is 16.7. The van der Waals surface area contributed by atoms with E-state index in [1.165, 1.54) is 0 Å². The number of nitro benzene ring substituents is 1. The maximum Gasteiger partial charge on any atom is 0.269 e. The van der Waals surface area contributed by atoms with E-state index >= 15 is 0 Å². The summed E-state index contributed by atoms with van der Waals surface area (Å²) >= 11 is 7.61. The number of hydrogen-bond donors (Lipinski definition) is 0. The van der Waals surface area contributed by atoms with Crippen LogP contribution in [0.5, 0.6) is 0 Å². The summed E-state index contributed by atoms with van der Waals surface area (Å²) < 4.78 is 0. The summed E-state index contributed by atoms with van der Waals surface area (Å²) in [5, 5.41) is 14.6. The van der Waals surface area contributed by atoms with Crippen LogP contribution in [0.1, 0.15) is 5.69 Å². The van der Waals surface area contributed by atoms with Crippen LogP contribution in [0.25, 0.3) is 10.6 Å². The summed E-state index contributed by atoms with van der Waals surface area (Å²) in [6, 6.07) is 14.5. The molecule has 28 heavy (non-hydrogen) atoms. The number of thiazole rings is 1. The highest BCUT2D eigenvalue weighted by Crippen LogP contribution is 2.26. The van der Waals surface area contributed by atoms with E-state index in [-0.39, 0.29) is 10.6 Å². The van der Waals surface area contributed by atoms with E-state index < -0.39 is 0 Å². The van der Waals surface area contributed by atoms with Gasteiger partial charge in [-0.05, 0) is 24.3 Å². The van der Waals surface area contributed by atoms with Crippen molar-refractivity contribution in [3.63, 3.8) is 0 Å². The number of hydrogen-bond acceptors (Lipinski definition) is 6. The van der Waals surface area contributed by atoms with E-state index in [9.17, 15) is 10.1 Å². The summed E-state index contributed by atoms with van der Waals surface area (Å²) in [5.74, 6) is 0. The molecular formula is C20H19ClN4O2S. The molecule has 6 nitrogen and oxygen atoms in total. The molecule has 1 aromatic heterocycles. The Bertz CT molecular complexity index is 951. The van der Waals surface area contributed by atoms with Gasteiger partial charge in [0.1, 0.15) is 5.01 Å². The Kier molecular flexibility index (Phi) is 5.57. The van der Waals surface area contributed by atoms with Gasteiger partial charge in [-0.15, -0.1) is 11.3 Å². The third-order valence-corrected chi connectivity index (χ3v) is 6.02. The van der Waals surface area contributed by atoms with Crippen LogP contribution in [-0.2, 0) is 6.54 Å². The first-order chi connectivity index (χ1) is 13.6. The van der Waals surface area contributed by atoms with E-state index in [1.54, 1.807) is 23.5 Å². The zero-order chi connectivity index (χ0) is 19.5. The molecule has 0 radical (unpaired) electrons. The Morgan fingerprint density at radius 3 is 2.36 bits per heavy atom. The summed E-state index contributed by atoms with van der Waals surface area (Å²) in [7, 11) is 0. The topological polar surface area (TPSA) is 62.5 Å². The Morgan fingerprint density at radius 1 is 1.04 bits per heavy atom. The summed E-state index contributed by atoms with van der Waals surface area (Å²) in [6.07, 6.45) is 0. The number of anilines is 1. The van der Waals surface area contributed by atoms with Crippen LogP contribution in [0.4, 0.5) is 11.4 Å². The summed E-state index contributed by atoms with van der Waals surface area (Å²) in [4.78, 5) is 19.8. The molecule has 0 aliphatic carbocycles. The number of aromatic nitrogens is 1. The average Bonchev–Trinajstić information content (AvgIpc) is 3.18. The van der Waals surface area contributed by atoms with Gasteiger partial charge in [-0.3, -0.25) is 15.0 Å². The maximum absolute atomic E-state index is 10.8. The van der Waals surface area contributed by atoms with Crippen molar-refractivity contribution in [3.05, 3.63) is 74.7 Å². The molecule has 4 rings (SSSR count). The Morgan fingerprint density at radius 2 is 1.71 bits per heavy atom. The number of halogens is 1. The molecule has 2 heterocycles. The Balaban J connectivity index is 1.33. The predicted octanol–water partition coefficient (Wildman–Crippen LogP) is 4.69. The lowest BCUT2D eigenvalue weighted by atomic mass is 10.2. The van der Waals surface area contributed by atoms with Crippen molar-refractivity contribution in [2.75, 3.05) is 31.1 Å². The fraction of sp³-hybridized carbons (Fsp3) is 0.250. The van der Waals surface area contributed by atoms with E-state index in [0.29, 0.717) is 0 Å². The first kappa shape index (κ1) is 18.9. The van der Waals surface area contributed by atoms with Crippen LogP contribution in [0, 0.1) is 10.1 Å². The summed E-state index contributed by atoms with van der Waals surface area (Å²) in [5.41, 5.74) is 3.33. The van der Waals surface area contributed by atoms with Gasteiger partial charge in [-0.2, -0.15) is 0 Å². The molecule has 0 saturated carbocycles. The van der Waals surface area contributed by atoms with Crippen molar-refractivity contribution >= 4 is 34.3 Å². The third-order valence-electron chi connectivity index (χ3n) is 4.83. The van der Waals surface area contributed by atoms with Crippen molar-refractivity contribution in [2.24, 2.45) is 0 Å². The maximum atomic E-state index is 10.8. The highest BCUT2D eigenvalue weighted by atomic mass is 35.5. The largest absolute Gasteiger partial charge is 0.369 e. The number of nitrogens with zero attached hydrogens (tertiary/aromatic N) is 4. The van der Waals surface area contributed by atoms with Gasteiger partial charge in [-0.1, -0.05) is 23.7 Å². The normalized spacial score (nSPS) is 15.0. The second-order valence-electron chi connectivity index (χ2n) is 6.69. The molecule has 2 aromatic carbocycles. The lowest BCUT2D eigenvalue weighted by molar-refractivity contribution is -0.384. The highest BCUT2D eigenvalue weighted by Gasteiger charge is 2.19. The molecular weight excluding hydrogens is 396 g/mol.